The van der Waals surface area contributed by atoms with Gasteiger partial charge in [0.25, 0.3) is 15.7 Å². The number of benzene rings is 1. The Morgan fingerprint density at radius 2 is 2.14 bits per heavy atom. The largest absolute Gasteiger partial charge is 0.495 e. The summed E-state index contributed by atoms with van der Waals surface area (Å²) in [5.74, 6) is 0.599. The summed E-state index contributed by atoms with van der Waals surface area (Å²) in [5.41, 5.74) is -0.284. The zero-order chi connectivity index (χ0) is 15.6. The molecule has 1 aromatic heterocycles. The van der Waals surface area contributed by atoms with Crippen molar-refractivity contribution in [3.8, 4) is 5.75 Å². The number of methoxy groups -OCH3 is 1. The van der Waals surface area contributed by atoms with Crippen molar-refractivity contribution in [1.29, 1.82) is 0 Å². The average Bonchev–Trinajstić information content (AvgIpc) is 2.85. The van der Waals surface area contributed by atoms with E-state index < -0.39 is 14.9 Å². The van der Waals surface area contributed by atoms with Gasteiger partial charge in [0, 0.05) is 12.1 Å². The second-order valence-electron chi connectivity index (χ2n) is 4.08. The lowest BCUT2D eigenvalue weighted by Crippen LogP contribution is -2.14. The minimum Gasteiger partial charge on any atom is -0.495 e. The minimum atomic E-state index is -3.94. The number of H-pyrrole nitrogens is 1. The number of sulfonamides is 1. The molecule has 0 bridgehead atoms. The normalized spacial score (nSPS) is 11.1. The van der Waals surface area contributed by atoms with Gasteiger partial charge in [0.2, 0.25) is 0 Å². The average molecular weight is 312 g/mol. The molecule has 0 saturated heterocycles. The van der Waals surface area contributed by atoms with Crippen molar-refractivity contribution in [2.24, 2.45) is 0 Å². The Kier molecular flexibility index (Phi) is 3.80. The molecule has 1 aromatic carbocycles. The van der Waals surface area contributed by atoms with Gasteiger partial charge in [0.05, 0.1) is 23.9 Å². The predicted octanol–water partition coefficient (Wildman–Crippen LogP) is 1.44. The molecule has 0 aliphatic heterocycles. The Balaban J connectivity index is 2.42. The lowest BCUT2D eigenvalue weighted by atomic mass is 10.2. The molecule has 9 nitrogen and oxygen atoms in total. The zero-order valence-corrected chi connectivity index (χ0v) is 12.0. The zero-order valence-electron chi connectivity index (χ0n) is 11.2. The molecular weight excluding hydrogens is 300 g/mol. The lowest BCUT2D eigenvalue weighted by Gasteiger charge is -2.10. The second kappa shape index (κ2) is 5.40. The molecule has 0 aliphatic rings. The Bertz CT molecular complexity index is 784. The monoisotopic (exact) mass is 312 g/mol. The van der Waals surface area contributed by atoms with Crippen molar-refractivity contribution in [3.63, 3.8) is 0 Å². The first-order valence-electron chi connectivity index (χ1n) is 5.70. The second-order valence-corrected chi connectivity index (χ2v) is 5.73. The first kappa shape index (κ1) is 14.8. The number of imidazole rings is 1. The summed E-state index contributed by atoms with van der Waals surface area (Å²) in [6.45, 7) is 1.60. The molecule has 2 N–H and O–H groups in total. The van der Waals surface area contributed by atoms with Crippen LogP contribution in [0.25, 0.3) is 0 Å². The van der Waals surface area contributed by atoms with Crippen LogP contribution < -0.4 is 9.46 Å². The van der Waals surface area contributed by atoms with Gasteiger partial charge in [0.15, 0.2) is 5.03 Å². The molecule has 0 saturated carbocycles. The van der Waals surface area contributed by atoms with Crippen LogP contribution in [-0.4, -0.2) is 30.4 Å². The summed E-state index contributed by atoms with van der Waals surface area (Å²) in [4.78, 5) is 16.5. The van der Waals surface area contributed by atoms with E-state index in [0.717, 1.165) is 12.3 Å². The van der Waals surface area contributed by atoms with E-state index in [0.29, 0.717) is 5.82 Å². The summed E-state index contributed by atoms with van der Waals surface area (Å²) < 4.78 is 31.5. The smallest absolute Gasteiger partial charge is 0.279 e. The van der Waals surface area contributed by atoms with Gasteiger partial charge in [-0.3, -0.25) is 14.8 Å². The van der Waals surface area contributed by atoms with Crippen LogP contribution in [0.4, 0.5) is 11.4 Å². The van der Waals surface area contributed by atoms with Crippen LogP contribution in [0.2, 0.25) is 0 Å². The van der Waals surface area contributed by atoms with E-state index >= 15 is 0 Å². The molecule has 0 radical (unpaired) electrons. The van der Waals surface area contributed by atoms with Crippen molar-refractivity contribution in [2.45, 2.75) is 11.9 Å². The van der Waals surface area contributed by atoms with Crippen molar-refractivity contribution < 1.29 is 18.1 Å². The molecule has 0 amide bonds. The van der Waals surface area contributed by atoms with Gasteiger partial charge in [-0.15, -0.1) is 0 Å². The van der Waals surface area contributed by atoms with Crippen molar-refractivity contribution in [3.05, 3.63) is 40.3 Å². The molecule has 0 aliphatic carbocycles. The molecule has 1 heterocycles. The maximum absolute atomic E-state index is 12.2. The number of nitro benzene ring substituents is 1. The highest BCUT2D eigenvalue weighted by Crippen LogP contribution is 2.30. The van der Waals surface area contributed by atoms with E-state index in [2.05, 4.69) is 14.7 Å². The van der Waals surface area contributed by atoms with Crippen molar-refractivity contribution in [2.75, 3.05) is 11.8 Å². The van der Waals surface area contributed by atoms with E-state index in [1.54, 1.807) is 6.92 Å². The molecule has 0 unspecified atom stereocenters. The number of anilines is 1. The molecular formula is C11H12N4O5S. The third kappa shape index (κ3) is 3.11. The third-order valence-electron chi connectivity index (χ3n) is 2.61. The Morgan fingerprint density at radius 3 is 2.67 bits per heavy atom. The van der Waals surface area contributed by atoms with Crippen LogP contribution >= 0.6 is 0 Å². The van der Waals surface area contributed by atoms with Gasteiger partial charge in [-0.05, 0) is 13.0 Å². The number of nitrogens with zero attached hydrogens (tertiary/aromatic N) is 2. The van der Waals surface area contributed by atoms with Gasteiger partial charge >= 0.3 is 0 Å². The third-order valence-corrected chi connectivity index (χ3v) is 3.88. The van der Waals surface area contributed by atoms with Crippen LogP contribution in [0.3, 0.4) is 0 Å². The minimum absolute atomic E-state index is 0.0287. The Morgan fingerprint density at radius 1 is 1.43 bits per heavy atom. The predicted molar refractivity (Wildman–Crippen MR) is 73.8 cm³/mol. The highest BCUT2D eigenvalue weighted by molar-refractivity contribution is 7.92. The number of hydrogen-bond donors (Lipinski definition) is 2. The molecule has 0 fully saturated rings. The summed E-state index contributed by atoms with van der Waals surface area (Å²) in [6.07, 6.45) is 1.15. The number of rotatable bonds is 5. The van der Waals surface area contributed by atoms with E-state index in [-0.39, 0.29) is 22.2 Å². The van der Waals surface area contributed by atoms with E-state index in [1.165, 1.54) is 19.2 Å². The maximum atomic E-state index is 12.2. The standard InChI is InChI=1S/C11H12N4O5S/c1-7-12-6-11(13-7)21(18,19)14-9-5-8(15(16)17)3-4-10(9)20-2/h3-6,14H,1-2H3,(H,12,13). The first-order chi connectivity index (χ1) is 9.83. The van der Waals surface area contributed by atoms with Gasteiger partial charge in [-0.25, -0.2) is 4.98 Å². The van der Waals surface area contributed by atoms with E-state index in [4.69, 9.17) is 4.74 Å². The number of hydrogen-bond acceptors (Lipinski definition) is 6. The first-order valence-corrected chi connectivity index (χ1v) is 7.18. The number of aryl methyl sites for hydroxylation is 1. The molecule has 112 valence electrons. The van der Waals surface area contributed by atoms with Gasteiger partial charge in [0.1, 0.15) is 11.6 Å². The fourth-order valence-electron chi connectivity index (χ4n) is 1.62. The number of nitrogens with one attached hydrogen (secondary N) is 2. The lowest BCUT2D eigenvalue weighted by molar-refractivity contribution is -0.384. The SMILES string of the molecule is COc1ccc([N+](=O)[O-])cc1NS(=O)(=O)c1cnc(C)[nH]1. The Hall–Kier alpha value is -2.62. The summed E-state index contributed by atoms with van der Waals surface area (Å²) in [5, 5.41) is 10.6. The summed E-state index contributed by atoms with van der Waals surface area (Å²) >= 11 is 0. The van der Waals surface area contributed by atoms with Crippen LogP contribution in [0.1, 0.15) is 5.82 Å². The fraction of sp³-hybridized carbons (Fsp3) is 0.182. The van der Waals surface area contributed by atoms with Crippen molar-refractivity contribution in [1.82, 2.24) is 9.97 Å². The van der Waals surface area contributed by atoms with Crippen LogP contribution in [0.5, 0.6) is 5.75 Å². The van der Waals surface area contributed by atoms with E-state index in [1.807, 2.05) is 0 Å². The number of aromatic amines is 1. The van der Waals surface area contributed by atoms with Gasteiger partial charge < -0.3 is 9.72 Å². The number of ether oxygens (including phenoxy) is 1. The Labute approximate surface area is 120 Å². The van der Waals surface area contributed by atoms with Gasteiger partial charge in [-0.2, -0.15) is 8.42 Å². The molecule has 10 heteroatoms. The fourth-order valence-corrected chi connectivity index (χ4v) is 2.66. The highest BCUT2D eigenvalue weighted by atomic mass is 32.2. The summed E-state index contributed by atoms with van der Waals surface area (Å²) in [7, 11) is -2.61. The van der Waals surface area contributed by atoms with E-state index in [9.17, 15) is 18.5 Å². The van der Waals surface area contributed by atoms with Crippen molar-refractivity contribution >= 4 is 21.4 Å². The topological polar surface area (TPSA) is 127 Å². The van der Waals surface area contributed by atoms with Crippen LogP contribution in [0.15, 0.2) is 29.4 Å². The molecule has 0 atom stereocenters. The van der Waals surface area contributed by atoms with Crippen LogP contribution in [-0.2, 0) is 10.0 Å². The van der Waals surface area contributed by atoms with Crippen LogP contribution in [0, 0.1) is 17.0 Å². The molecule has 2 rings (SSSR count). The number of aromatic nitrogens is 2. The quantitative estimate of drug-likeness (QED) is 0.635. The summed E-state index contributed by atoms with van der Waals surface area (Å²) in [6, 6.07) is 3.62. The molecule has 2 aromatic rings. The molecule has 0 spiro atoms. The van der Waals surface area contributed by atoms with Gasteiger partial charge in [-0.1, -0.05) is 0 Å². The number of non-ortho nitro benzene ring substituents is 1. The number of nitro groups is 1. The maximum Gasteiger partial charge on any atom is 0.279 e. The highest BCUT2D eigenvalue weighted by Gasteiger charge is 2.20. The molecule has 21 heavy (non-hydrogen) atoms.